The van der Waals surface area contributed by atoms with E-state index in [1.807, 2.05) is 18.2 Å². The van der Waals surface area contributed by atoms with Crippen molar-refractivity contribution < 1.29 is 14.2 Å². The zero-order valence-electron chi connectivity index (χ0n) is 9.69. The molecule has 94 valence electrons. The van der Waals surface area contributed by atoms with Crippen molar-refractivity contribution in [3.8, 4) is 5.75 Å². The van der Waals surface area contributed by atoms with E-state index in [0.717, 1.165) is 15.8 Å². The fourth-order valence-electron chi connectivity index (χ4n) is 1.88. The third kappa shape index (κ3) is 2.98. The Kier molecular flexibility index (Phi) is 4.39. The quantitative estimate of drug-likeness (QED) is 0.926. The second-order valence-electron chi connectivity index (χ2n) is 3.90. The highest BCUT2D eigenvalue weighted by molar-refractivity contribution is 9.10. The van der Waals surface area contributed by atoms with E-state index >= 15 is 0 Å². The molecule has 0 aromatic heterocycles. The van der Waals surface area contributed by atoms with Crippen LogP contribution >= 0.6 is 15.9 Å². The number of halogens is 1. The number of ether oxygens (including phenoxy) is 3. The fraction of sp³-hybridized carbons (Fsp3) is 0.500. The molecule has 4 nitrogen and oxygen atoms in total. The minimum Gasteiger partial charge on any atom is -0.496 e. The normalized spacial score (nSPS) is 22.2. The highest BCUT2D eigenvalue weighted by Crippen LogP contribution is 2.30. The van der Waals surface area contributed by atoms with Crippen molar-refractivity contribution in [3.63, 3.8) is 0 Å². The zero-order chi connectivity index (χ0) is 12.3. The van der Waals surface area contributed by atoms with Crippen LogP contribution in [0.25, 0.3) is 0 Å². The fourth-order valence-corrected chi connectivity index (χ4v) is 2.26. The molecule has 2 rings (SSSR count). The number of rotatable bonds is 3. The van der Waals surface area contributed by atoms with E-state index in [2.05, 4.69) is 15.9 Å². The van der Waals surface area contributed by atoms with Crippen LogP contribution in [0, 0.1) is 0 Å². The van der Waals surface area contributed by atoms with Crippen LogP contribution in [-0.2, 0) is 9.47 Å². The van der Waals surface area contributed by atoms with Crippen LogP contribution in [0.4, 0.5) is 0 Å². The van der Waals surface area contributed by atoms with Crippen LogP contribution in [0.15, 0.2) is 22.7 Å². The summed E-state index contributed by atoms with van der Waals surface area (Å²) in [5.41, 5.74) is 7.14. The Morgan fingerprint density at radius 2 is 2.29 bits per heavy atom. The summed E-state index contributed by atoms with van der Waals surface area (Å²) < 4.78 is 17.3. The van der Waals surface area contributed by atoms with Crippen LogP contribution < -0.4 is 10.5 Å². The molecule has 0 aliphatic carbocycles. The lowest BCUT2D eigenvalue weighted by molar-refractivity contribution is -0.0977. The van der Waals surface area contributed by atoms with Gasteiger partial charge in [0, 0.05) is 10.0 Å². The first-order valence-electron chi connectivity index (χ1n) is 5.50. The molecular formula is C12H16BrNO3. The summed E-state index contributed by atoms with van der Waals surface area (Å²) in [6.45, 7) is 1.75. The SMILES string of the molecule is COc1ccc(Br)cc1C(N)C1COCCO1. The predicted octanol–water partition coefficient (Wildman–Crippen LogP) is 1.87. The highest BCUT2D eigenvalue weighted by atomic mass is 79.9. The number of benzene rings is 1. The van der Waals surface area contributed by atoms with Crippen molar-refractivity contribution in [2.45, 2.75) is 12.1 Å². The van der Waals surface area contributed by atoms with Crippen molar-refractivity contribution in [1.82, 2.24) is 0 Å². The number of hydrogen-bond acceptors (Lipinski definition) is 4. The molecule has 1 aliphatic rings. The van der Waals surface area contributed by atoms with Crippen LogP contribution in [0.5, 0.6) is 5.75 Å². The molecule has 1 aromatic rings. The molecular weight excluding hydrogens is 286 g/mol. The van der Waals surface area contributed by atoms with Crippen LogP contribution in [0.2, 0.25) is 0 Å². The average Bonchev–Trinajstić information content (AvgIpc) is 2.39. The highest BCUT2D eigenvalue weighted by Gasteiger charge is 2.25. The van der Waals surface area contributed by atoms with Crippen LogP contribution in [-0.4, -0.2) is 33.0 Å². The standard InChI is InChI=1S/C12H16BrNO3/c1-15-10-3-2-8(13)6-9(10)12(14)11-7-16-4-5-17-11/h2-3,6,11-12H,4-5,7,14H2,1H3. The Labute approximate surface area is 109 Å². The van der Waals surface area contributed by atoms with E-state index in [-0.39, 0.29) is 12.1 Å². The molecule has 0 bridgehead atoms. The van der Waals surface area contributed by atoms with Crippen molar-refractivity contribution in [3.05, 3.63) is 28.2 Å². The summed E-state index contributed by atoms with van der Waals surface area (Å²) in [6, 6.07) is 5.53. The van der Waals surface area contributed by atoms with E-state index in [0.29, 0.717) is 19.8 Å². The lowest BCUT2D eigenvalue weighted by Gasteiger charge is -2.29. The zero-order valence-corrected chi connectivity index (χ0v) is 11.3. The molecule has 0 amide bonds. The van der Waals surface area contributed by atoms with Gasteiger partial charge in [-0.25, -0.2) is 0 Å². The summed E-state index contributed by atoms with van der Waals surface area (Å²) in [4.78, 5) is 0. The molecule has 0 saturated carbocycles. The lowest BCUT2D eigenvalue weighted by atomic mass is 10.0. The van der Waals surface area contributed by atoms with Crippen molar-refractivity contribution >= 4 is 15.9 Å². The molecule has 2 atom stereocenters. The summed E-state index contributed by atoms with van der Waals surface area (Å²) in [5, 5.41) is 0. The number of hydrogen-bond donors (Lipinski definition) is 1. The van der Waals surface area contributed by atoms with Gasteiger partial charge in [-0.15, -0.1) is 0 Å². The van der Waals surface area contributed by atoms with Gasteiger partial charge in [0.05, 0.1) is 33.0 Å². The first-order chi connectivity index (χ1) is 8.22. The van der Waals surface area contributed by atoms with Gasteiger partial charge in [0.2, 0.25) is 0 Å². The van der Waals surface area contributed by atoms with Gasteiger partial charge in [0.15, 0.2) is 0 Å². The van der Waals surface area contributed by atoms with Crippen LogP contribution in [0.3, 0.4) is 0 Å². The summed E-state index contributed by atoms with van der Waals surface area (Å²) in [7, 11) is 1.64. The minimum absolute atomic E-state index is 0.119. The summed E-state index contributed by atoms with van der Waals surface area (Å²) in [6.07, 6.45) is -0.119. The second-order valence-corrected chi connectivity index (χ2v) is 4.81. The van der Waals surface area contributed by atoms with E-state index in [9.17, 15) is 0 Å². The molecule has 0 radical (unpaired) electrons. The van der Waals surface area contributed by atoms with Gasteiger partial charge in [-0.3, -0.25) is 0 Å². The Morgan fingerprint density at radius 1 is 1.47 bits per heavy atom. The van der Waals surface area contributed by atoms with Crippen molar-refractivity contribution in [2.24, 2.45) is 5.73 Å². The first kappa shape index (κ1) is 12.8. The molecule has 1 aromatic carbocycles. The Hall–Kier alpha value is -0.620. The molecule has 5 heteroatoms. The topological polar surface area (TPSA) is 53.7 Å². The van der Waals surface area contributed by atoms with Gasteiger partial charge in [-0.2, -0.15) is 0 Å². The number of nitrogens with two attached hydrogens (primary N) is 1. The third-order valence-electron chi connectivity index (χ3n) is 2.79. The first-order valence-corrected chi connectivity index (χ1v) is 6.30. The van der Waals surface area contributed by atoms with Gasteiger partial charge in [0.1, 0.15) is 11.9 Å². The molecule has 1 fully saturated rings. The van der Waals surface area contributed by atoms with E-state index in [1.165, 1.54) is 0 Å². The lowest BCUT2D eigenvalue weighted by Crippen LogP contribution is -2.37. The van der Waals surface area contributed by atoms with Crippen LogP contribution in [0.1, 0.15) is 11.6 Å². The molecule has 2 N–H and O–H groups in total. The van der Waals surface area contributed by atoms with E-state index in [1.54, 1.807) is 7.11 Å². The monoisotopic (exact) mass is 301 g/mol. The van der Waals surface area contributed by atoms with Crippen molar-refractivity contribution in [2.75, 3.05) is 26.9 Å². The number of methoxy groups -OCH3 is 1. The molecule has 1 saturated heterocycles. The van der Waals surface area contributed by atoms with E-state index < -0.39 is 0 Å². The summed E-state index contributed by atoms with van der Waals surface area (Å²) in [5.74, 6) is 0.773. The van der Waals surface area contributed by atoms with Gasteiger partial charge >= 0.3 is 0 Å². The molecule has 1 aliphatic heterocycles. The van der Waals surface area contributed by atoms with Gasteiger partial charge in [-0.05, 0) is 18.2 Å². The van der Waals surface area contributed by atoms with Gasteiger partial charge in [-0.1, -0.05) is 15.9 Å². The minimum atomic E-state index is -0.247. The van der Waals surface area contributed by atoms with Crippen molar-refractivity contribution in [1.29, 1.82) is 0 Å². The Balaban J connectivity index is 2.21. The smallest absolute Gasteiger partial charge is 0.123 e. The summed E-state index contributed by atoms with van der Waals surface area (Å²) >= 11 is 3.43. The second kappa shape index (κ2) is 5.82. The Morgan fingerprint density at radius 3 is 2.94 bits per heavy atom. The van der Waals surface area contributed by atoms with Gasteiger partial charge < -0.3 is 19.9 Å². The predicted molar refractivity (Wildman–Crippen MR) is 68.2 cm³/mol. The molecule has 0 spiro atoms. The Bertz CT molecular complexity index is 380. The third-order valence-corrected chi connectivity index (χ3v) is 3.29. The molecule has 1 heterocycles. The average molecular weight is 302 g/mol. The molecule has 17 heavy (non-hydrogen) atoms. The van der Waals surface area contributed by atoms with E-state index in [4.69, 9.17) is 19.9 Å². The maximum absolute atomic E-state index is 6.21. The van der Waals surface area contributed by atoms with Gasteiger partial charge in [0.25, 0.3) is 0 Å². The molecule has 2 unspecified atom stereocenters. The maximum atomic E-state index is 6.21. The maximum Gasteiger partial charge on any atom is 0.123 e. The largest absolute Gasteiger partial charge is 0.496 e.